The van der Waals surface area contributed by atoms with E-state index < -0.39 is 9.84 Å². The number of imidazole rings is 1. The topological polar surface area (TPSA) is 75.8 Å². The Morgan fingerprint density at radius 1 is 1.43 bits per heavy atom. The van der Waals surface area contributed by atoms with Crippen molar-refractivity contribution in [3.8, 4) is 6.07 Å². The van der Waals surface area contributed by atoms with Crippen molar-refractivity contribution >= 4 is 32.5 Å². The third-order valence-electron chi connectivity index (χ3n) is 3.34. The fraction of sp³-hybridized carbons (Fsp3) is 0.429. The van der Waals surface area contributed by atoms with Crippen LogP contribution in [-0.4, -0.2) is 35.4 Å². The molecular weight excluding hydrogens is 310 g/mol. The van der Waals surface area contributed by atoms with Gasteiger partial charge in [0.05, 0.1) is 28.4 Å². The highest BCUT2D eigenvalue weighted by Crippen LogP contribution is 2.19. The minimum Gasteiger partial charge on any atom is -0.327 e. The van der Waals surface area contributed by atoms with Crippen molar-refractivity contribution in [3.05, 3.63) is 29.6 Å². The molecule has 112 valence electrons. The van der Waals surface area contributed by atoms with Gasteiger partial charge in [-0.3, -0.25) is 0 Å². The standard InChI is InChI=1S/C14H16ClN3O2S/c1-2-21(19,20)8-7-18-13-9-11(10-16)3-4-12(13)17-14(18)5-6-15/h3-4,9H,2,5-8H2,1H3. The van der Waals surface area contributed by atoms with Gasteiger partial charge in [0.2, 0.25) is 0 Å². The Morgan fingerprint density at radius 2 is 2.19 bits per heavy atom. The van der Waals surface area contributed by atoms with Gasteiger partial charge >= 0.3 is 0 Å². The van der Waals surface area contributed by atoms with E-state index in [0.29, 0.717) is 24.4 Å². The SMILES string of the molecule is CCS(=O)(=O)CCn1c(CCCl)nc2ccc(C#N)cc21. The highest BCUT2D eigenvalue weighted by molar-refractivity contribution is 7.91. The summed E-state index contributed by atoms with van der Waals surface area (Å²) >= 11 is 5.79. The number of aromatic nitrogens is 2. The molecule has 0 aliphatic heterocycles. The minimum atomic E-state index is -3.06. The van der Waals surface area contributed by atoms with Gasteiger partial charge in [-0.1, -0.05) is 6.92 Å². The zero-order valence-corrected chi connectivity index (χ0v) is 13.3. The van der Waals surface area contributed by atoms with E-state index in [9.17, 15) is 8.42 Å². The number of nitriles is 1. The zero-order chi connectivity index (χ0) is 15.5. The number of rotatable bonds is 6. The first kappa shape index (κ1) is 15.8. The van der Waals surface area contributed by atoms with Crippen LogP contribution in [0, 0.1) is 11.3 Å². The van der Waals surface area contributed by atoms with Crippen LogP contribution in [0.25, 0.3) is 11.0 Å². The maximum absolute atomic E-state index is 11.7. The first-order chi connectivity index (χ1) is 10.0. The molecular formula is C14H16ClN3O2S. The molecule has 1 heterocycles. The van der Waals surface area contributed by atoms with E-state index in [4.69, 9.17) is 16.9 Å². The Morgan fingerprint density at radius 3 is 2.81 bits per heavy atom. The Bertz CT molecular complexity index is 790. The maximum atomic E-state index is 11.7. The fourth-order valence-corrected chi connectivity index (χ4v) is 3.06. The largest absolute Gasteiger partial charge is 0.327 e. The van der Waals surface area contributed by atoms with Gasteiger partial charge in [0.1, 0.15) is 5.82 Å². The summed E-state index contributed by atoms with van der Waals surface area (Å²) in [4.78, 5) is 4.48. The summed E-state index contributed by atoms with van der Waals surface area (Å²) in [6.45, 7) is 1.96. The van der Waals surface area contributed by atoms with E-state index in [0.717, 1.165) is 16.9 Å². The molecule has 0 spiro atoms. The highest BCUT2D eigenvalue weighted by Gasteiger charge is 2.14. The van der Waals surface area contributed by atoms with Crippen molar-refractivity contribution in [1.29, 1.82) is 5.26 Å². The molecule has 0 saturated heterocycles. The summed E-state index contributed by atoms with van der Waals surface area (Å²) in [5.74, 6) is 1.34. The van der Waals surface area contributed by atoms with Gasteiger partial charge < -0.3 is 4.57 Å². The number of halogens is 1. The van der Waals surface area contributed by atoms with Crippen LogP contribution in [0.1, 0.15) is 18.3 Å². The minimum absolute atomic E-state index is 0.0566. The third-order valence-corrected chi connectivity index (χ3v) is 5.21. The number of benzene rings is 1. The summed E-state index contributed by atoms with van der Waals surface area (Å²) in [7, 11) is -3.06. The van der Waals surface area contributed by atoms with Crippen LogP contribution in [0.5, 0.6) is 0 Å². The second-order valence-electron chi connectivity index (χ2n) is 4.67. The van der Waals surface area contributed by atoms with Gasteiger partial charge in [0, 0.05) is 24.6 Å². The molecule has 21 heavy (non-hydrogen) atoms. The average molecular weight is 326 g/mol. The van der Waals surface area contributed by atoms with E-state index in [2.05, 4.69) is 11.1 Å². The van der Waals surface area contributed by atoms with E-state index in [-0.39, 0.29) is 11.5 Å². The molecule has 7 heteroatoms. The van der Waals surface area contributed by atoms with Crippen LogP contribution < -0.4 is 0 Å². The van der Waals surface area contributed by atoms with Gasteiger partial charge in [-0.2, -0.15) is 5.26 Å². The third kappa shape index (κ3) is 3.55. The van der Waals surface area contributed by atoms with E-state index in [1.165, 1.54) is 0 Å². The monoisotopic (exact) mass is 325 g/mol. The highest BCUT2D eigenvalue weighted by atomic mass is 35.5. The lowest BCUT2D eigenvalue weighted by Gasteiger charge is -2.08. The van der Waals surface area contributed by atoms with E-state index in [1.54, 1.807) is 25.1 Å². The van der Waals surface area contributed by atoms with Crippen molar-refractivity contribution in [1.82, 2.24) is 9.55 Å². The van der Waals surface area contributed by atoms with Crippen molar-refractivity contribution < 1.29 is 8.42 Å². The van der Waals surface area contributed by atoms with Crippen molar-refractivity contribution in [2.45, 2.75) is 19.9 Å². The molecule has 0 fully saturated rings. The molecule has 2 aromatic rings. The first-order valence-corrected chi connectivity index (χ1v) is 9.02. The van der Waals surface area contributed by atoms with E-state index >= 15 is 0 Å². The van der Waals surface area contributed by atoms with Gasteiger partial charge in [0.25, 0.3) is 0 Å². The van der Waals surface area contributed by atoms with Crippen molar-refractivity contribution in [2.24, 2.45) is 0 Å². The second kappa shape index (κ2) is 6.46. The number of fused-ring (bicyclic) bond motifs is 1. The van der Waals surface area contributed by atoms with Crippen molar-refractivity contribution in [2.75, 3.05) is 17.4 Å². The molecule has 0 aliphatic rings. The Kier molecular flexibility index (Phi) is 4.86. The smallest absolute Gasteiger partial charge is 0.151 e. The molecule has 0 saturated carbocycles. The summed E-state index contributed by atoms with van der Waals surface area (Å²) in [5, 5.41) is 9.00. The lowest BCUT2D eigenvalue weighted by atomic mass is 10.2. The van der Waals surface area contributed by atoms with Gasteiger partial charge in [-0.05, 0) is 18.2 Å². The van der Waals surface area contributed by atoms with Crippen LogP contribution in [0.2, 0.25) is 0 Å². The van der Waals surface area contributed by atoms with Crippen molar-refractivity contribution in [3.63, 3.8) is 0 Å². The molecule has 1 aromatic heterocycles. The normalized spacial score (nSPS) is 11.7. The summed E-state index contributed by atoms with van der Waals surface area (Å²) in [6.07, 6.45) is 0.560. The number of sulfone groups is 1. The summed E-state index contributed by atoms with van der Waals surface area (Å²) in [5.41, 5.74) is 2.06. The molecule has 0 unspecified atom stereocenters. The predicted octanol–water partition coefficient (Wildman–Crippen LogP) is 2.12. The second-order valence-corrected chi connectivity index (χ2v) is 7.52. The Balaban J connectivity index is 2.47. The molecule has 1 aromatic carbocycles. The average Bonchev–Trinajstić information content (AvgIpc) is 2.82. The molecule has 5 nitrogen and oxygen atoms in total. The molecule has 0 N–H and O–H groups in total. The molecule has 0 bridgehead atoms. The molecule has 0 atom stereocenters. The van der Waals surface area contributed by atoms with Crippen LogP contribution in [0.15, 0.2) is 18.2 Å². The van der Waals surface area contributed by atoms with Crippen LogP contribution in [0.4, 0.5) is 0 Å². The lowest BCUT2D eigenvalue weighted by Crippen LogP contribution is -2.16. The quantitative estimate of drug-likeness (QED) is 0.762. The molecule has 2 rings (SSSR count). The number of alkyl halides is 1. The molecule has 0 aliphatic carbocycles. The number of aryl methyl sites for hydroxylation is 2. The maximum Gasteiger partial charge on any atom is 0.151 e. The first-order valence-electron chi connectivity index (χ1n) is 6.66. The zero-order valence-electron chi connectivity index (χ0n) is 11.7. The molecule has 0 amide bonds. The van der Waals surface area contributed by atoms with E-state index in [1.807, 2.05) is 4.57 Å². The Labute approximate surface area is 129 Å². The van der Waals surface area contributed by atoms with Gasteiger partial charge in [0.15, 0.2) is 9.84 Å². The van der Waals surface area contributed by atoms with Crippen LogP contribution in [0.3, 0.4) is 0 Å². The molecule has 0 radical (unpaired) electrons. The van der Waals surface area contributed by atoms with Crippen LogP contribution in [-0.2, 0) is 22.8 Å². The predicted molar refractivity (Wildman–Crippen MR) is 83.2 cm³/mol. The number of hydrogen-bond donors (Lipinski definition) is 0. The summed E-state index contributed by atoms with van der Waals surface area (Å²) < 4.78 is 25.3. The number of hydrogen-bond acceptors (Lipinski definition) is 4. The summed E-state index contributed by atoms with van der Waals surface area (Å²) in [6, 6.07) is 7.30. The van der Waals surface area contributed by atoms with Gasteiger partial charge in [-0.15, -0.1) is 11.6 Å². The van der Waals surface area contributed by atoms with Crippen LogP contribution >= 0.6 is 11.6 Å². The fourth-order valence-electron chi connectivity index (χ4n) is 2.14. The Hall–Kier alpha value is -1.58. The van der Waals surface area contributed by atoms with Gasteiger partial charge in [-0.25, -0.2) is 13.4 Å². The number of nitrogens with zero attached hydrogens (tertiary/aromatic N) is 3. The lowest BCUT2D eigenvalue weighted by molar-refractivity contribution is 0.589.